The van der Waals surface area contributed by atoms with Crippen molar-refractivity contribution in [1.29, 1.82) is 0 Å². The van der Waals surface area contributed by atoms with E-state index in [1.807, 2.05) is 133 Å². The van der Waals surface area contributed by atoms with Gasteiger partial charge in [0, 0.05) is 17.7 Å². The Morgan fingerprint density at radius 3 is 1.68 bits per heavy atom. The number of benzene rings is 5. The quantitative estimate of drug-likeness (QED) is 0.0858. The van der Waals surface area contributed by atoms with Crippen LogP contribution in [0.1, 0.15) is 69.9 Å². The number of aryl methyl sites for hydroxylation is 1. The lowest BCUT2D eigenvalue weighted by molar-refractivity contribution is -0.310. The fourth-order valence-electron chi connectivity index (χ4n) is 7.71. The molecule has 0 spiro atoms. The molecule has 8 nitrogen and oxygen atoms in total. The van der Waals surface area contributed by atoms with E-state index in [0.29, 0.717) is 37.7 Å². The van der Waals surface area contributed by atoms with Crippen LogP contribution in [0.2, 0.25) is 0 Å². The third-order valence-corrected chi connectivity index (χ3v) is 11.3. The summed E-state index contributed by atoms with van der Waals surface area (Å²) >= 11 is 0. The SMILES string of the molecule is Cc1ccc(Cc2c(O[C@@H]3O[C@H](COCc4ccccc4)[C@@H](OCc4ccccc4)[C@H](OCc4ccccc4)[C@H]3OCc3ccccc3)nn(C3CCC3)c2C)cc1F. The Bertz CT molecular complexity index is 2200. The molecule has 6 aromatic rings. The zero-order valence-electron chi connectivity index (χ0n) is 33.8. The van der Waals surface area contributed by atoms with Gasteiger partial charge in [-0.05, 0) is 72.6 Å². The van der Waals surface area contributed by atoms with Crippen LogP contribution in [0.4, 0.5) is 4.39 Å². The van der Waals surface area contributed by atoms with Gasteiger partial charge < -0.3 is 28.4 Å². The maximum Gasteiger partial charge on any atom is 0.239 e. The summed E-state index contributed by atoms with van der Waals surface area (Å²) in [7, 11) is 0. The fourth-order valence-corrected chi connectivity index (χ4v) is 7.71. The van der Waals surface area contributed by atoms with Crippen molar-refractivity contribution >= 4 is 0 Å². The molecule has 1 aliphatic heterocycles. The Hall–Kier alpha value is -5.16. The molecule has 0 bridgehead atoms. The van der Waals surface area contributed by atoms with Crippen molar-refractivity contribution in [2.45, 2.75) is 103 Å². The lowest BCUT2D eigenvalue weighted by Gasteiger charge is -2.45. The smallest absolute Gasteiger partial charge is 0.239 e. The summed E-state index contributed by atoms with van der Waals surface area (Å²) in [5, 5.41) is 5.12. The molecular weight excluding hydrogens is 744 g/mol. The monoisotopic (exact) mass is 796 g/mol. The first kappa shape index (κ1) is 40.6. The van der Waals surface area contributed by atoms with Gasteiger partial charge in [-0.1, -0.05) is 133 Å². The van der Waals surface area contributed by atoms with E-state index in [0.717, 1.165) is 58.3 Å². The number of ether oxygens (including phenoxy) is 6. The van der Waals surface area contributed by atoms with Crippen molar-refractivity contribution in [2.24, 2.45) is 0 Å². The van der Waals surface area contributed by atoms with Crippen LogP contribution in [0.25, 0.3) is 0 Å². The normalized spacial score (nSPS) is 20.6. The molecular formula is C50H53FN2O6. The molecule has 5 aromatic carbocycles. The van der Waals surface area contributed by atoms with Crippen molar-refractivity contribution in [2.75, 3.05) is 6.61 Å². The Kier molecular flexibility index (Phi) is 13.6. The first-order valence-electron chi connectivity index (χ1n) is 20.7. The van der Waals surface area contributed by atoms with Gasteiger partial charge in [0.1, 0.15) is 30.2 Å². The van der Waals surface area contributed by atoms with Crippen LogP contribution in [-0.4, -0.2) is 47.1 Å². The van der Waals surface area contributed by atoms with Gasteiger partial charge in [-0.25, -0.2) is 4.39 Å². The molecule has 8 rings (SSSR count). The zero-order valence-corrected chi connectivity index (χ0v) is 33.8. The van der Waals surface area contributed by atoms with Crippen LogP contribution in [0, 0.1) is 19.7 Å². The minimum absolute atomic E-state index is 0.204. The Morgan fingerprint density at radius 1 is 0.627 bits per heavy atom. The highest BCUT2D eigenvalue weighted by atomic mass is 19.1. The highest BCUT2D eigenvalue weighted by Crippen LogP contribution is 2.38. The highest BCUT2D eigenvalue weighted by molar-refractivity contribution is 5.38. The summed E-state index contributed by atoms with van der Waals surface area (Å²) in [6, 6.07) is 46.0. The molecule has 2 heterocycles. The number of rotatable bonds is 18. The van der Waals surface area contributed by atoms with Crippen LogP contribution in [0.3, 0.4) is 0 Å². The minimum atomic E-state index is -0.973. The average molecular weight is 797 g/mol. The second-order valence-corrected chi connectivity index (χ2v) is 15.6. The average Bonchev–Trinajstić information content (AvgIpc) is 3.53. The van der Waals surface area contributed by atoms with Crippen molar-refractivity contribution in [1.82, 2.24) is 9.78 Å². The van der Waals surface area contributed by atoms with Gasteiger partial charge in [0.05, 0.1) is 39.1 Å². The molecule has 0 radical (unpaired) electrons. The van der Waals surface area contributed by atoms with Gasteiger partial charge in [0.25, 0.3) is 0 Å². The molecule has 9 heteroatoms. The maximum absolute atomic E-state index is 14.9. The van der Waals surface area contributed by atoms with E-state index in [1.165, 1.54) is 0 Å². The predicted molar refractivity (Wildman–Crippen MR) is 224 cm³/mol. The third kappa shape index (κ3) is 10.4. The maximum atomic E-state index is 14.9. The van der Waals surface area contributed by atoms with Gasteiger partial charge in [-0.2, -0.15) is 0 Å². The Balaban J connectivity index is 1.17. The second-order valence-electron chi connectivity index (χ2n) is 15.6. The molecule has 0 N–H and O–H groups in total. The van der Waals surface area contributed by atoms with Gasteiger partial charge in [0.15, 0.2) is 0 Å². The van der Waals surface area contributed by atoms with Crippen LogP contribution in [-0.2, 0) is 56.5 Å². The van der Waals surface area contributed by atoms with Crippen molar-refractivity contribution in [3.8, 4) is 5.88 Å². The second kappa shape index (κ2) is 19.7. The van der Waals surface area contributed by atoms with Crippen molar-refractivity contribution in [3.05, 3.63) is 190 Å². The molecule has 1 saturated carbocycles. The largest absolute Gasteiger partial charge is 0.443 e. The topological polar surface area (TPSA) is 73.2 Å². The lowest BCUT2D eigenvalue weighted by Crippen LogP contribution is -2.62. The summed E-state index contributed by atoms with van der Waals surface area (Å²) in [4.78, 5) is 0. The van der Waals surface area contributed by atoms with E-state index in [2.05, 4.69) is 11.6 Å². The summed E-state index contributed by atoms with van der Waals surface area (Å²) < 4.78 is 58.1. The van der Waals surface area contributed by atoms with Crippen molar-refractivity contribution in [3.63, 3.8) is 0 Å². The first-order valence-corrected chi connectivity index (χ1v) is 20.7. The lowest BCUT2D eigenvalue weighted by atomic mass is 9.93. The van der Waals surface area contributed by atoms with Crippen LogP contribution >= 0.6 is 0 Å². The molecule has 1 saturated heterocycles. The van der Waals surface area contributed by atoms with E-state index < -0.39 is 30.7 Å². The zero-order chi connectivity index (χ0) is 40.4. The molecule has 1 aliphatic carbocycles. The molecule has 59 heavy (non-hydrogen) atoms. The minimum Gasteiger partial charge on any atom is -0.443 e. The molecule has 1 aromatic heterocycles. The van der Waals surface area contributed by atoms with E-state index in [4.69, 9.17) is 33.5 Å². The first-order chi connectivity index (χ1) is 29.0. The summed E-state index contributed by atoms with van der Waals surface area (Å²) in [5.41, 5.74) is 7.39. The van der Waals surface area contributed by atoms with Gasteiger partial charge in [0.2, 0.25) is 12.2 Å². The highest BCUT2D eigenvalue weighted by Gasteiger charge is 2.50. The fraction of sp³-hybridized carbons (Fsp3) is 0.340. The van der Waals surface area contributed by atoms with Crippen LogP contribution in [0.15, 0.2) is 140 Å². The van der Waals surface area contributed by atoms with Gasteiger partial charge in [-0.3, -0.25) is 4.68 Å². The number of hydrogen-bond donors (Lipinski definition) is 0. The summed E-state index contributed by atoms with van der Waals surface area (Å²) in [5.74, 6) is 0.195. The number of halogens is 1. The Morgan fingerprint density at radius 2 is 1.15 bits per heavy atom. The number of hydrogen-bond acceptors (Lipinski definition) is 7. The number of aromatic nitrogens is 2. The predicted octanol–water partition coefficient (Wildman–Crippen LogP) is 10.0. The molecule has 306 valence electrons. The Labute approximate surface area is 346 Å². The molecule has 2 aliphatic rings. The van der Waals surface area contributed by atoms with E-state index in [9.17, 15) is 4.39 Å². The molecule has 2 fully saturated rings. The summed E-state index contributed by atoms with van der Waals surface area (Å²) in [6.07, 6.45) is 0.0519. The van der Waals surface area contributed by atoms with Gasteiger partial charge in [-0.15, -0.1) is 5.10 Å². The summed E-state index contributed by atoms with van der Waals surface area (Å²) in [6.45, 7) is 5.37. The molecule has 0 unspecified atom stereocenters. The van der Waals surface area contributed by atoms with Crippen LogP contribution in [0.5, 0.6) is 5.88 Å². The van der Waals surface area contributed by atoms with E-state index in [1.54, 1.807) is 13.0 Å². The third-order valence-electron chi connectivity index (χ3n) is 11.3. The van der Waals surface area contributed by atoms with Crippen molar-refractivity contribution < 1.29 is 32.8 Å². The van der Waals surface area contributed by atoms with E-state index in [-0.39, 0.29) is 25.1 Å². The molecule has 0 amide bonds. The van der Waals surface area contributed by atoms with Crippen LogP contribution < -0.4 is 4.74 Å². The van der Waals surface area contributed by atoms with E-state index >= 15 is 0 Å². The standard InChI is InChI=1S/C50H53FN2O6/c1-35-26-27-41(29-44(35)51)28-43-36(2)53(42-24-15-25-42)52-49(43)59-50-48(57-33-40-22-13-6-14-23-40)47(56-32-39-20-11-5-12-21-39)46(55-31-38-18-9-4-10-19-38)45(58-50)34-54-30-37-16-7-3-8-17-37/h3-14,16-23,26-27,29,42,45-48,50H,15,24-25,28,30-34H2,1-2H3/t45-,46-,47+,48-,50+/m1/s1. The molecule has 5 atom stereocenters. The van der Waals surface area contributed by atoms with Gasteiger partial charge >= 0.3 is 0 Å². The number of nitrogens with zero attached hydrogens (tertiary/aromatic N) is 2.